The lowest BCUT2D eigenvalue weighted by Gasteiger charge is -2.33. The lowest BCUT2D eigenvalue weighted by atomic mass is 9.99. The van der Waals surface area contributed by atoms with Crippen LogP contribution in [0.4, 0.5) is 0 Å². The topological polar surface area (TPSA) is 9.23 Å². The predicted octanol–water partition coefficient (Wildman–Crippen LogP) is 2.54. The molecule has 0 radical (unpaired) electrons. The van der Waals surface area contributed by atoms with Gasteiger partial charge in [0.1, 0.15) is 0 Å². The maximum absolute atomic E-state index is 5.53. The summed E-state index contributed by atoms with van der Waals surface area (Å²) in [6.07, 6.45) is 2.00. The Morgan fingerprint density at radius 1 is 1.27 bits per heavy atom. The minimum absolute atomic E-state index is 0.367. The predicted molar refractivity (Wildman–Crippen MR) is 44.3 cm³/mol. The molecule has 0 aliphatic carbocycles. The van der Waals surface area contributed by atoms with Crippen LogP contribution in [0.1, 0.15) is 25.0 Å². The Kier molecular flexibility index (Phi) is 1.66. The lowest BCUT2D eigenvalue weighted by Crippen LogP contribution is -2.27. The zero-order valence-electron chi connectivity index (χ0n) is 6.66. The molecule has 0 spiro atoms. The standard InChI is InChI=1S/C10H12O/c1-8-7-10(11-8)9-5-3-2-4-6-9/h2-6,8,10H,7H2,1H3. The molecule has 1 nitrogen and oxygen atoms in total. The summed E-state index contributed by atoms with van der Waals surface area (Å²) in [6, 6.07) is 10.4. The minimum Gasteiger partial charge on any atom is -0.370 e. The van der Waals surface area contributed by atoms with E-state index < -0.39 is 0 Å². The maximum Gasteiger partial charge on any atom is 0.0853 e. The van der Waals surface area contributed by atoms with Crippen LogP contribution in [-0.4, -0.2) is 6.10 Å². The van der Waals surface area contributed by atoms with E-state index in [0.29, 0.717) is 12.2 Å². The van der Waals surface area contributed by atoms with Crippen LogP contribution >= 0.6 is 0 Å². The third-order valence-corrected chi connectivity index (χ3v) is 2.11. The molecule has 1 aliphatic rings. The summed E-state index contributed by atoms with van der Waals surface area (Å²) < 4.78 is 5.53. The van der Waals surface area contributed by atoms with Gasteiger partial charge in [0.15, 0.2) is 0 Å². The Morgan fingerprint density at radius 2 is 1.91 bits per heavy atom. The van der Waals surface area contributed by atoms with Gasteiger partial charge in [0.25, 0.3) is 0 Å². The number of ether oxygens (including phenoxy) is 1. The summed E-state index contributed by atoms with van der Waals surface area (Å²) in [5, 5.41) is 0. The average Bonchev–Trinajstić information content (AvgIpc) is 2.01. The van der Waals surface area contributed by atoms with E-state index in [-0.39, 0.29) is 0 Å². The van der Waals surface area contributed by atoms with E-state index in [0.717, 1.165) is 0 Å². The SMILES string of the molecule is CC1CC(c2ccccc2)O1. The van der Waals surface area contributed by atoms with Crippen molar-refractivity contribution in [2.45, 2.75) is 25.6 Å². The smallest absolute Gasteiger partial charge is 0.0853 e. The van der Waals surface area contributed by atoms with Gasteiger partial charge < -0.3 is 4.74 Å². The van der Waals surface area contributed by atoms with Crippen LogP contribution in [0.3, 0.4) is 0 Å². The summed E-state index contributed by atoms with van der Waals surface area (Å²) in [5.74, 6) is 0. The molecule has 0 aromatic heterocycles. The van der Waals surface area contributed by atoms with Crippen molar-refractivity contribution < 1.29 is 4.74 Å². The zero-order valence-corrected chi connectivity index (χ0v) is 6.66. The average molecular weight is 148 g/mol. The van der Waals surface area contributed by atoms with Gasteiger partial charge >= 0.3 is 0 Å². The van der Waals surface area contributed by atoms with Crippen LogP contribution in [-0.2, 0) is 4.74 Å². The van der Waals surface area contributed by atoms with E-state index in [1.807, 2.05) is 6.07 Å². The molecule has 1 fully saturated rings. The minimum atomic E-state index is 0.367. The monoisotopic (exact) mass is 148 g/mol. The first-order chi connectivity index (χ1) is 5.36. The molecule has 2 atom stereocenters. The Bertz CT molecular complexity index is 224. The summed E-state index contributed by atoms with van der Waals surface area (Å²) >= 11 is 0. The molecule has 1 heterocycles. The summed E-state index contributed by atoms with van der Waals surface area (Å²) in [6.45, 7) is 2.11. The molecule has 1 saturated heterocycles. The molecule has 0 N–H and O–H groups in total. The normalized spacial score (nSPS) is 29.5. The fourth-order valence-electron chi connectivity index (χ4n) is 1.45. The maximum atomic E-state index is 5.53. The second-order valence-corrected chi connectivity index (χ2v) is 3.08. The fraction of sp³-hybridized carbons (Fsp3) is 0.400. The van der Waals surface area contributed by atoms with E-state index in [2.05, 4.69) is 31.2 Å². The highest BCUT2D eigenvalue weighted by atomic mass is 16.5. The number of hydrogen-bond donors (Lipinski definition) is 0. The molecule has 1 aliphatic heterocycles. The quantitative estimate of drug-likeness (QED) is 0.594. The second-order valence-electron chi connectivity index (χ2n) is 3.08. The largest absolute Gasteiger partial charge is 0.370 e. The van der Waals surface area contributed by atoms with Gasteiger partial charge in [-0.1, -0.05) is 30.3 Å². The molecule has 2 unspecified atom stereocenters. The van der Waals surface area contributed by atoms with E-state index in [9.17, 15) is 0 Å². The van der Waals surface area contributed by atoms with E-state index >= 15 is 0 Å². The zero-order chi connectivity index (χ0) is 7.68. The molecule has 1 aromatic rings. The van der Waals surface area contributed by atoms with Crippen LogP contribution in [0.2, 0.25) is 0 Å². The Labute approximate surface area is 67.0 Å². The van der Waals surface area contributed by atoms with Crippen LogP contribution in [0, 0.1) is 0 Å². The molecule has 1 aromatic carbocycles. The molecular formula is C10H12O. The van der Waals surface area contributed by atoms with Crippen molar-refractivity contribution in [2.24, 2.45) is 0 Å². The van der Waals surface area contributed by atoms with Crippen molar-refractivity contribution in [3.05, 3.63) is 35.9 Å². The lowest BCUT2D eigenvalue weighted by molar-refractivity contribution is -0.116. The third-order valence-electron chi connectivity index (χ3n) is 2.11. The molecule has 1 heteroatoms. The van der Waals surface area contributed by atoms with E-state index in [4.69, 9.17) is 4.74 Å². The van der Waals surface area contributed by atoms with E-state index in [1.54, 1.807) is 0 Å². The summed E-state index contributed by atoms with van der Waals surface area (Å²) in [7, 11) is 0. The Balaban J connectivity index is 2.08. The van der Waals surface area contributed by atoms with Gasteiger partial charge in [0.2, 0.25) is 0 Å². The second kappa shape index (κ2) is 2.67. The summed E-state index contributed by atoms with van der Waals surface area (Å²) in [5.41, 5.74) is 1.31. The fourth-order valence-corrected chi connectivity index (χ4v) is 1.45. The Hall–Kier alpha value is -0.820. The van der Waals surface area contributed by atoms with E-state index in [1.165, 1.54) is 12.0 Å². The van der Waals surface area contributed by atoms with Crippen LogP contribution in [0.5, 0.6) is 0 Å². The molecule has 0 amide bonds. The van der Waals surface area contributed by atoms with Gasteiger partial charge in [0, 0.05) is 6.42 Å². The molecule has 0 saturated carbocycles. The molecule has 0 bridgehead atoms. The van der Waals surface area contributed by atoms with Gasteiger partial charge in [-0.05, 0) is 12.5 Å². The molecule has 11 heavy (non-hydrogen) atoms. The number of benzene rings is 1. The van der Waals surface area contributed by atoms with Crippen LogP contribution in [0.25, 0.3) is 0 Å². The van der Waals surface area contributed by atoms with Gasteiger partial charge in [-0.2, -0.15) is 0 Å². The highest BCUT2D eigenvalue weighted by Gasteiger charge is 2.26. The van der Waals surface area contributed by atoms with Crippen molar-refractivity contribution >= 4 is 0 Å². The highest BCUT2D eigenvalue weighted by Crippen LogP contribution is 2.33. The molecule has 58 valence electrons. The van der Waals surface area contributed by atoms with Gasteiger partial charge in [-0.25, -0.2) is 0 Å². The highest BCUT2D eigenvalue weighted by molar-refractivity contribution is 5.19. The van der Waals surface area contributed by atoms with Crippen molar-refractivity contribution in [1.82, 2.24) is 0 Å². The number of hydrogen-bond acceptors (Lipinski definition) is 1. The van der Waals surface area contributed by atoms with Gasteiger partial charge in [0.05, 0.1) is 12.2 Å². The van der Waals surface area contributed by atoms with Gasteiger partial charge in [-0.15, -0.1) is 0 Å². The molecular weight excluding hydrogens is 136 g/mol. The van der Waals surface area contributed by atoms with Crippen molar-refractivity contribution in [3.8, 4) is 0 Å². The van der Waals surface area contributed by atoms with Gasteiger partial charge in [-0.3, -0.25) is 0 Å². The van der Waals surface area contributed by atoms with Crippen molar-refractivity contribution in [1.29, 1.82) is 0 Å². The third kappa shape index (κ3) is 1.29. The summed E-state index contributed by atoms with van der Waals surface area (Å²) in [4.78, 5) is 0. The Morgan fingerprint density at radius 3 is 2.45 bits per heavy atom. The van der Waals surface area contributed by atoms with Crippen LogP contribution < -0.4 is 0 Å². The van der Waals surface area contributed by atoms with Crippen molar-refractivity contribution in [3.63, 3.8) is 0 Å². The van der Waals surface area contributed by atoms with Crippen molar-refractivity contribution in [2.75, 3.05) is 0 Å². The first-order valence-corrected chi connectivity index (χ1v) is 4.06. The molecule has 2 rings (SSSR count). The first-order valence-electron chi connectivity index (χ1n) is 4.06. The number of rotatable bonds is 1. The van der Waals surface area contributed by atoms with Crippen LogP contribution in [0.15, 0.2) is 30.3 Å². The first kappa shape index (κ1) is 6.86.